The molecule has 2 rings (SSSR count). The zero-order valence-corrected chi connectivity index (χ0v) is 7.23. The molecule has 11 heavy (non-hydrogen) atoms. The molecule has 0 fully saturated rings. The molecule has 1 nitrogen and oxygen atoms in total. The number of fused-ring (bicyclic) bond motifs is 1. The van der Waals surface area contributed by atoms with Crippen molar-refractivity contribution in [2.75, 3.05) is 6.61 Å². The summed E-state index contributed by atoms with van der Waals surface area (Å²) in [5, 5.41) is 0.588. The van der Waals surface area contributed by atoms with Crippen molar-refractivity contribution in [2.24, 2.45) is 0 Å². The van der Waals surface area contributed by atoms with Crippen LogP contribution >= 0.6 is 11.8 Å². The molecule has 1 aliphatic rings. The lowest BCUT2D eigenvalue weighted by atomic mass is 10.3. The largest absolute Gasteiger partial charge is 0.491 e. The predicted molar refractivity (Wildman–Crippen MR) is 47.3 cm³/mol. The van der Waals surface area contributed by atoms with Crippen LogP contribution in [0.4, 0.5) is 0 Å². The Bertz CT molecular complexity index is 259. The van der Waals surface area contributed by atoms with Crippen LogP contribution in [0.2, 0.25) is 0 Å². The third-order valence-electron chi connectivity index (χ3n) is 1.65. The van der Waals surface area contributed by atoms with Crippen LogP contribution in [0.1, 0.15) is 6.92 Å². The highest BCUT2D eigenvalue weighted by atomic mass is 32.2. The Balaban J connectivity index is 2.34. The van der Waals surface area contributed by atoms with Crippen LogP contribution in [-0.4, -0.2) is 11.9 Å². The molecule has 1 atom stereocenters. The first-order valence-electron chi connectivity index (χ1n) is 3.75. The summed E-state index contributed by atoms with van der Waals surface area (Å²) in [5.41, 5.74) is 0. The van der Waals surface area contributed by atoms with Gasteiger partial charge in [-0.2, -0.15) is 0 Å². The van der Waals surface area contributed by atoms with Crippen LogP contribution in [0.15, 0.2) is 29.2 Å². The number of rotatable bonds is 0. The molecule has 0 aliphatic carbocycles. The lowest BCUT2D eigenvalue weighted by molar-refractivity contribution is 0.307. The van der Waals surface area contributed by atoms with Crippen molar-refractivity contribution in [2.45, 2.75) is 17.1 Å². The van der Waals surface area contributed by atoms with Gasteiger partial charge in [0.1, 0.15) is 12.4 Å². The Morgan fingerprint density at radius 3 is 3.18 bits per heavy atom. The minimum Gasteiger partial charge on any atom is -0.491 e. The fraction of sp³-hybridized carbons (Fsp3) is 0.333. The maximum absolute atomic E-state index is 5.51. The van der Waals surface area contributed by atoms with Crippen LogP contribution in [0.25, 0.3) is 0 Å². The third kappa shape index (κ3) is 1.36. The average molecular weight is 166 g/mol. The van der Waals surface area contributed by atoms with E-state index in [0.717, 1.165) is 12.4 Å². The molecular formula is C9H10OS. The molecule has 1 aromatic carbocycles. The van der Waals surface area contributed by atoms with Gasteiger partial charge in [0.05, 0.1) is 0 Å². The molecule has 58 valence electrons. The number of hydrogen-bond acceptors (Lipinski definition) is 2. The van der Waals surface area contributed by atoms with Gasteiger partial charge < -0.3 is 4.74 Å². The van der Waals surface area contributed by atoms with E-state index in [4.69, 9.17) is 4.74 Å². The van der Waals surface area contributed by atoms with Crippen molar-refractivity contribution < 1.29 is 4.74 Å². The summed E-state index contributed by atoms with van der Waals surface area (Å²) in [5.74, 6) is 1.04. The molecule has 2 heteroatoms. The summed E-state index contributed by atoms with van der Waals surface area (Å²) in [4.78, 5) is 1.27. The summed E-state index contributed by atoms with van der Waals surface area (Å²) in [6.45, 7) is 3.02. The lowest BCUT2D eigenvalue weighted by Gasteiger charge is -2.21. The molecule has 0 saturated heterocycles. The van der Waals surface area contributed by atoms with Crippen molar-refractivity contribution in [3.05, 3.63) is 24.3 Å². The number of hydrogen-bond donors (Lipinski definition) is 0. The Morgan fingerprint density at radius 1 is 1.45 bits per heavy atom. The maximum Gasteiger partial charge on any atom is 0.132 e. The smallest absolute Gasteiger partial charge is 0.132 e. The summed E-state index contributed by atoms with van der Waals surface area (Å²) in [6, 6.07) is 8.19. The van der Waals surface area contributed by atoms with E-state index >= 15 is 0 Å². The van der Waals surface area contributed by atoms with E-state index < -0.39 is 0 Å². The summed E-state index contributed by atoms with van der Waals surface area (Å²) >= 11 is 1.89. The van der Waals surface area contributed by atoms with Gasteiger partial charge in [-0.25, -0.2) is 0 Å². The van der Waals surface area contributed by atoms with Gasteiger partial charge in [-0.05, 0) is 19.1 Å². The van der Waals surface area contributed by atoms with Crippen LogP contribution < -0.4 is 4.74 Å². The Kier molecular flexibility index (Phi) is 1.78. The van der Waals surface area contributed by atoms with Crippen molar-refractivity contribution in [1.29, 1.82) is 0 Å². The van der Waals surface area contributed by atoms with E-state index in [1.165, 1.54) is 4.90 Å². The molecule has 1 unspecified atom stereocenters. The van der Waals surface area contributed by atoms with Gasteiger partial charge in [0.2, 0.25) is 0 Å². The zero-order valence-electron chi connectivity index (χ0n) is 6.41. The maximum atomic E-state index is 5.51. The predicted octanol–water partition coefficient (Wildman–Crippen LogP) is 2.56. The van der Waals surface area contributed by atoms with Gasteiger partial charge in [-0.3, -0.25) is 0 Å². The first-order valence-corrected chi connectivity index (χ1v) is 4.63. The standard InChI is InChI=1S/C9H10OS/c1-7-6-10-8-4-2-3-5-9(8)11-7/h2-5,7H,6H2,1H3. The molecule has 1 heterocycles. The summed E-state index contributed by atoms with van der Waals surface area (Å²) in [7, 11) is 0. The first kappa shape index (κ1) is 7.04. The van der Waals surface area contributed by atoms with Crippen LogP contribution in [0.3, 0.4) is 0 Å². The van der Waals surface area contributed by atoms with Gasteiger partial charge in [0.25, 0.3) is 0 Å². The minimum atomic E-state index is 0.588. The Morgan fingerprint density at radius 2 is 2.27 bits per heavy atom. The Labute approximate surface area is 70.8 Å². The fourth-order valence-corrected chi connectivity index (χ4v) is 2.09. The van der Waals surface area contributed by atoms with Crippen LogP contribution in [-0.2, 0) is 0 Å². The SMILES string of the molecule is CC1COc2ccccc2S1. The van der Waals surface area contributed by atoms with Gasteiger partial charge in [0.15, 0.2) is 0 Å². The molecule has 0 aromatic heterocycles. The summed E-state index contributed by atoms with van der Waals surface area (Å²) < 4.78 is 5.51. The molecule has 0 radical (unpaired) electrons. The van der Waals surface area contributed by atoms with Gasteiger partial charge in [-0.1, -0.05) is 12.1 Å². The molecule has 1 aromatic rings. The molecule has 0 amide bonds. The lowest BCUT2D eigenvalue weighted by Crippen LogP contribution is -2.15. The average Bonchev–Trinajstić information content (AvgIpc) is 2.04. The summed E-state index contributed by atoms with van der Waals surface area (Å²) in [6.07, 6.45) is 0. The van der Waals surface area contributed by atoms with E-state index in [9.17, 15) is 0 Å². The van der Waals surface area contributed by atoms with E-state index in [2.05, 4.69) is 13.0 Å². The van der Waals surface area contributed by atoms with Gasteiger partial charge in [0, 0.05) is 10.1 Å². The van der Waals surface area contributed by atoms with E-state index in [0.29, 0.717) is 5.25 Å². The highest BCUT2D eigenvalue weighted by molar-refractivity contribution is 8.00. The fourth-order valence-electron chi connectivity index (χ4n) is 1.12. The molecule has 0 bridgehead atoms. The quantitative estimate of drug-likeness (QED) is 0.585. The second-order valence-corrected chi connectivity index (χ2v) is 4.17. The molecule has 1 aliphatic heterocycles. The molecule has 0 spiro atoms. The Hall–Kier alpha value is -0.630. The zero-order chi connectivity index (χ0) is 7.68. The number of ether oxygens (including phenoxy) is 1. The molecular weight excluding hydrogens is 156 g/mol. The molecule has 0 N–H and O–H groups in total. The van der Waals surface area contributed by atoms with Crippen LogP contribution in [0, 0.1) is 0 Å². The van der Waals surface area contributed by atoms with E-state index in [-0.39, 0.29) is 0 Å². The van der Waals surface area contributed by atoms with Crippen LogP contribution in [0.5, 0.6) is 5.75 Å². The van der Waals surface area contributed by atoms with E-state index in [1.807, 2.05) is 30.0 Å². The normalized spacial score (nSPS) is 22.1. The second-order valence-electron chi connectivity index (χ2n) is 2.69. The van der Waals surface area contributed by atoms with Crippen molar-refractivity contribution >= 4 is 11.8 Å². The molecule has 0 saturated carbocycles. The van der Waals surface area contributed by atoms with Gasteiger partial charge >= 0.3 is 0 Å². The van der Waals surface area contributed by atoms with Crippen molar-refractivity contribution in [3.63, 3.8) is 0 Å². The minimum absolute atomic E-state index is 0.588. The first-order chi connectivity index (χ1) is 5.36. The van der Waals surface area contributed by atoms with Crippen molar-refractivity contribution in [3.8, 4) is 5.75 Å². The number of thioether (sulfide) groups is 1. The van der Waals surface area contributed by atoms with Crippen molar-refractivity contribution in [1.82, 2.24) is 0 Å². The highest BCUT2D eigenvalue weighted by Crippen LogP contribution is 2.35. The number of benzene rings is 1. The number of para-hydroxylation sites is 1. The second kappa shape index (κ2) is 2.78. The third-order valence-corrected chi connectivity index (χ3v) is 2.78. The topological polar surface area (TPSA) is 9.23 Å². The monoisotopic (exact) mass is 166 g/mol. The highest BCUT2D eigenvalue weighted by Gasteiger charge is 2.15. The van der Waals surface area contributed by atoms with Gasteiger partial charge in [-0.15, -0.1) is 11.8 Å². The van der Waals surface area contributed by atoms with E-state index in [1.54, 1.807) is 0 Å².